The highest BCUT2D eigenvalue weighted by Gasteiger charge is 2.18. The fourth-order valence-electron chi connectivity index (χ4n) is 2.40. The van der Waals surface area contributed by atoms with Gasteiger partial charge < -0.3 is 4.74 Å². The second-order valence-corrected chi connectivity index (χ2v) is 7.40. The van der Waals surface area contributed by atoms with Crippen molar-refractivity contribution >= 4 is 26.7 Å². The van der Waals surface area contributed by atoms with Crippen molar-refractivity contribution < 1.29 is 17.5 Å². The number of nitrogens with one attached hydrogen (secondary N) is 1. The van der Waals surface area contributed by atoms with Gasteiger partial charge in [0.2, 0.25) is 0 Å². The van der Waals surface area contributed by atoms with Crippen LogP contribution in [0.15, 0.2) is 41.6 Å². The summed E-state index contributed by atoms with van der Waals surface area (Å²) in [6.07, 6.45) is 3.02. The average Bonchev–Trinajstić information content (AvgIpc) is 2.97. The average molecular weight is 364 g/mol. The van der Waals surface area contributed by atoms with Crippen molar-refractivity contribution in [3.8, 4) is 5.75 Å². The van der Waals surface area contributed by atoms with Gasteiger partial charge in [-0.15, -0.1) is 0 Å². The molecule has 2 aromatic heterocycles. The van der Waals surface area contributed by atoms with E-state index in [0.29, 0.717) is 11.0 Å². The summed E-state index contributed by atoms with van der Waals surface area (Å²) in [7, 11) is -2.64. The van der Waals surface area contributed by atoms with Gasteiger partial charge in [-0.3, -0.25) is 4.72 Å². The molecule has 3 aromatic rings. The molecule has 2 heterocycles. The molecule has 0 saturated carbocycles. The van der Waals surface area contributed by atoms with Crippen molar-refractivity contribution in [3.63, 3.8) is 0 Å². The van der Waals surface area contributed by atoms with Crippen LogP contribution in [-0.4, -0.2) is 30.3 Å². The fourth-order valence-corrected chi connectivity index (χ4v) is 3.45. The van der Waals surface area contributed by atoms with Gasteiger partial charge in [-0.05, 0) is 38.1 Å². The van der Waals surface area contributed by atoms with E-state index in [2.05, 4.69) is 14.8 Å². The standard InChI is InChI=1S/C16H17FN4O3S/c1-10(2)21-16-11(8-19-21)6-12(9-18-16)20-25(22,23)13-4-5-15(24-3)14(17)7-13/h4-10,20H,1-3H3. The lowest BCUT2D eigenvalue weighted by molar-refractivity contribution is 0.385. The van der Waals surface area contributed by atoms with Gasteiger partial charge in [-0.1, -0.05) is 0 Å². The van der Waals surface area contributed by atoms with E-state index in [1.807, 2.05) is 13.8 Å². The van der Waals surface area contributed by atoms with Crippen LogP contribution in [0.5, 0.6) is 5.75 Å². The Balaban J connectivity index is 1.93. The van der Waals surface area contributed by atoms with Crippen LogP contribution < -0.4 is 9.46 Å². The molecule has 0 aliphatic heterocycles. The van der Waals surface area contributed by atoms with Crippen molar-refractivity contribution in [1.29, 1.82) is 0 Å². The minimum Gasteiger partial charge on any atom is -0.494 e. The number of nitrogens with zero attached hydrogens (tertiary/aromatic N) is 3. The van der Waals surface area contributed by atoms with Gasteiger partial charge in [0.15, 0.2) is 17.2 Å². The third-order valence-corrected chi connectivity index (χ3v) is 4.99. The SMILES string of the molecule is COc1ccc(S(=O)(=O)Nc2cnc3c(cnn3C(C)C)c2)cc1F. The summed E-state index contributed by atoms with van der Waals surface area (Å²) in [6.45, 7) is 3.95. The lowest BCUT2D eigenvalue weighted by Crippen LogP contribution is -2.13. The molecule has 0 aliphatic carbocycles. The first kappa shape index (κ1) is 17.2. The third-order valence-electron chi connectivity index (χ3n) is 3.61. The molecular weight excluding hydrogens is 347 g/mol. The Bertz CT molecular complexity index is 1030. The maximum absolute atomic E-state index is 13.8. The Labute approximate surface area is 144 Å². The first-order valence-electron chi connectivity index (χ1n) is 7.51. The molecule has 9 heteroatoms. The van der Waals surface area contributed by atoms with Crippen LogP contribution in [0.2, 0.25) is 0 Å². The number of anilines is 1. The zero-order chi connectivity index (χ0) is 18.2. The number of halogens is 1. The highest BCUT2D eigenvalue weighted by Crippen LogP contribution is 2.24. The summed E-state index contributed by atoms with van der Waals surface area (Å²) < 4.78 is 47.6. The van der Waals surface area contributed by atoms with Crippen LogP contribution in [0.1, 0.15) is 19.9 Å². The summed E-state index contributed by atoms with van der Waals surface area (Å²) in [5, 5.41) is 4.94. The number of sulfonamides is 1. The van der Waals surface area contributed by atoms with Crippen LogP contribution in [0.4, 0.5) is 10.1 Å². The van der Waals surface area contributed by atoms with Gasteiger partial charge >= 0.3 is 0 Å². The minimum absolute atomic E-state index is 0.0249. The van der Waals surface area contributed by atoms with E-state index in [9.17, 15) is 12.8 Å². The van der Waals surface area contributed by atoms with Gasteiger partial charge in [0, 0.05) is 11.4 Å². The Kier molecular flexibility index (Phi) is 4.34. The summed E-state index contributed by atoms with van der Waals surface area (Å²) in [4.78, 5) is 4.06. The minimum atomic E-state index is -3.95. The third kappa shape index (κ3) is 3.27. The monoisotopic (exact) mass is 364 g/mol. The molecule has 0 unspecified atom stereocenters. The molecule has 0 atom stereocenters. The molecule has 0 aliphatic rings. The van der Waals surface area contributed by atoms with Gasteiger partial charge in [-0.2, -0.15) is 5.10 Å². The Morgan fingerprint density at radius 2 is 2.00 bits per heavy atom. The molecule has 0 spiro atoms. The predicted octanol–water partition coefficient (Wildman–Crippen LogP) is 2.96. The normalized spacial score (nSPS) is 11.9. The summed E-state index contributed by atoms with van der Waals surface area (Å²) >= 11 is 0. The molecule has 0 amide bonds. The van der Waals surface area contributed by atoms with E-state index in [4.69, 9.17) is 4.74 Å². The fraction of sp³-hybridized carbons (Fsp3) is 0.250. The molecular formula is C16H17FN4O3S. The van der Waals surface area contributed by atoms with Crippen LogP contribution in [0.3, 0.4) is 0 Å². The topological polar surface area (TPSA) is 86.1 Å². The van der Waals surface area contributed by atoms with E-state index in [-0.39, 0.29) is 22.4 Å². The van der Waals surface area contributed by atoms with Crippen molar-refractivity contribution in [3.05, 3.63) is 42.5 Å². The molecule has 132 valence electrons. The lowest BCUT2D eigenvalue weighted by Gasteiger charge is -2.10. The van der Waals surface area contributed by atoms with Crippen LogP contribution >= 0.6 is 0 Å². The lowest BCUT2D eigenvalue weighted by atomic mass is 10.3. The first-order chi connectivity index (χ1) is 11.8. The zero-order valence-electron chi connectivity index (χ0n) is 13.9. The molecule has 3 rings (SSSR count). The highest BCUT2D eigenvalue weighted by molar-refractivity contribution is 7.92. The van der Waals surface area contributed by atoms with Crippen LogP contribution in [0, 0.1) is 5.82 Å². The van der Waals surface area contributed by atoms with Crippen molar-refractivity contribution in [2.45, 2.75) is 24.8 Å². The largest absolute Gasteiger partial charge is 0.494 e. The smallest absolute Gasteiger partial charge is 0.262 e. The Morgan fingerprint density at radius 3 is 2.64 bits per heavy atom. The number of fused-ring (bicyclic) bond motifs is 1. The number of hydrogen-bond acceptors (Lipinski definition) is 5. The zero-order valence-corrected chi connectivity index (χ0v) is 14.7. The molecule has 7 nitrogen and oxygen atoms in total. The second-order valence-electron chi connectivity index (χ2n) is 5.72. The number of rotatable bonds is 5. The number of aromatic nitrogens is 3. The van der Waals surface area contributed by atoms with Crippen molar-refractivity contribution in [2.75, 3.05) is 11.8 Å². The molecule has 1 N–H and O–H groups in total. The molecule has 0 fully saturated rings. The Morgan fingerprint density at radius 1 is 1.24 bits per heavy atom. The van der Waals surface area contributed by atoms with E-state index in [0.717, 1.165) is 6.07 Å². The van der Waals surface area contributed by atoms with Gasteiger partial charge in [-0.25, -0.2) is 22.5 Å². The summed E-state index contributed by atoms with van der Waals surface area (Å²) in [6, 6.07) is 5.20. The molecule has 1 aromatic carbocycles. The highest BCUT2D eigenvalue weighted by atomic mass is 32.2. The van der Waals surface area contributed by atoms with E-state index >= 15 is 0 Å². The maximum Gasteiger partial charge on any atom is 0.262 e. The summed E-state index contributed by atoms with van der Waals surface area (Å²) in [5.74, 6) is -0.778. The number of hydrogen-bond donors (Lipinski definition) is 1. The molecule has 0 bridgehead atoms. The van der Waals surface area contributed by atoms with Crippen molar-refractivity contribution in [2.24, 2.45) is 0 Å². The number of pyridine rings is 1. The number of methoxy groups -OCH3 is 1. The van der Waals surface area contributed by atoms with E-state index in [1.165, 1.54) is 25.4 Å². The first-order valence-corrected chi connectivity index (χ1v) is 9.00. The molecule has 0 radical (unpaired) electrons. The van der Waals surface area contributed by atoms with E-state index in [1.54, 1.807) is 16.9 Å². The quantitative estimate of drug-likeness (QED) is 0.752. The van der Waals surface area contributed by atoms with Gasteiger partial charge in [0.25, 0.3) is 10.0 Å². The van der Waals surface area contributed by atoms with Crippen LogP contribution in [0.25, 0.3) is 11.0 Å². The second kappa shape index (κ2) is 6.32. The van der Waals surface area contributed by atoms with Gasteiger partial charge in [0.05, 0.1) is 30.1 Å². The number of benzene rings is 1. The van der Waals surface area contributed by atoms with Crippen molar-refractivity contribution in [1.82, 2.24) is 14.8 Å². The van der Waals surface area contributed by atoms with E-state index < -0.39 is 15.8 Å². The van der Waals surface area contributed by atoms with Crippen LogP contribution in [-0.2, 0) is 10.0 Å². The predicted molar refractivity (Wildman–Crippen MR) is 91.7 cm³/mol. The Hall–Kier alpha value is -2.68. The maximum atomic E-state index is 13.8. The number of ether oxygens (including phenoxy) is 1. The molecule has 25 heavy (non-hydrogen) atoms. The molecule has 0 saturated heterocycles. The van der Waals surface area contributed by atoms with Gasteiger partial charge in [0.1, 0.15) is 0 Å². The summed E-state index contributed by atoms with van der Waals surface area (Å²) in [5.41, 5.74) is 0.931.